The number of allylic oxidation sites excluding steroid dienone is 3. The molecule has 1 nitrogen and oxygen atoms in total. The van der Waals surface area contributed by atoms with E-state index in [-0.39, 0.29) is 0 Å². The van der Waals surface area contributed by atoms with Gasteiger partial charge in [-0.1, -0.05) is 12.7 Å². The number of aryl methyl sites for hydroxylation is 2. The maximum Gasteiger partial charge on any atom is 0.178 e. The lowest BCUT2D eigenvalue weighted by atomic mass is 10.2. The molecule has 0 bridgehead atoms. The van der Waals surface area contributed by atoms with Crippen LogP contribution in [-0.2, 0) is 6.54 Å². The van der Waals surface area contributed by atoms with E-state index in [1.54, 1.807) is 0 Å². The van der Waals surface area contributed by atoms with Crippen LogP contribution in [0.1, 0.15) is 18.2 Å². The molecule has 1 aromatic heterocycles. The van der Waals surface area contributed by atoms with Gasteiger partial charge in [0.05, 0.1) is 0 Å². The molecule has 0 N–H and O–H groups in total. The molecule has 1 heterocycles. The van der Waals surface area contributed by atoms with E-state index in [0.717, 1.165) is 6.54 Å². The van der Waals surface area contributed by atoms with E-state index in [9.17, 15) is 0 Å². The first-order valence-electron chi connectivity index (χ1n) is 4.89. The number of nitrogens with zero attached hydrogens (tertiary/aromatic N) is 1. The van der Waals surface area contributed by atoms with E-state index in [4.69, 9.17) is 0 Å². The van der Waals surface area contributed by atoms with Gasteiger partial charge < -0.3 is 0 Å². The minimum Gasteiger partial charge on any atom is -0.199 e. The molecule has 0 radical (unpaired) electrons. The molecule has 1 rings (SSSR count). The summed E-state index contributed by atoms with van der Waals surface area (Å²) in [6.45, 7) is 11.0. The fourth-order valence-corrected chi connectivity index (χ4v) is 1.32. The van der Waals surface area contributed by atoms with Crippen molar-refractivity contribution in [3.8, 4) is 0 Å². The van der Waals surface area contributed by atoms with E-state index in [1.807, 2.05) is 6.08 Å². The molecule has 0 aliphatic rings. The molecule has 0 atom stereocenters. The van der Waals surface area contributed by atoms with Crippen LogP contribution in [0.2, 0.25) is 0 Å². The summed E-state index contributed by atoms with van der Waals surface area (Å²) in [7, 11) is 0. The van der Waals surface area contributed by atoms with Crippen molar-refractivity contribution in [3.63, 3.8) is 0 Å². The largest absolute Gasteiger partial charge is 0.199 e. The van der Waals surface area contributed by atoms with Crippen molar-refractivity contribution in [3.05, 3.63) is 53.9 Å². The molecule has 0 spiro atoms. The SMILES string of the molecule is C=C/C(C)=C\C[n+]1ccc(C)cc1C. The van der Waals surface area contributed by atoms with Crippen molar-refractivity contribution in [1.29, 1.82) is 0 Å². The normalized spacial score (nSPS) is 11.5. The molecule has 0 saturated carbocycles. The van der Waals surface area contributed by atoms with E-state index in [2.05, 4.69) is 56.3 Å². The van der Waals surface area contributed by atoms with Gasteiger partial charge in [-0.3, -0.25) is 0 Å². The Labute approximate surface area is 86.4 Å². The number of pyridine rings is 1. The monoisotopic (exact) mass is 188 g/mol. The molecule has 74 valence electrons. The fraction of sp³-hybridized carbons (Fsp3) is 0.308. The number of hydrogen-bond donors (Lipinski definition) is 0. The summed E-state index contributed by atoms with van der Waals surface area (Å²) in [5.74, 6) is 0. The molecule has 0 aromatic carbocycles. The highest BCUT2D eigenvalue weighted by atomic mass is 14.9. The molecule has 0 aliphatic carbocycles. The molecule has 1 heteroatoms. The Hall–Kier alpha value is -1.37. The average Bonchev–Trinajstić information content (AvgIpc) is 2.16. The van der Waals surface area contributed by atoms with Crippen LogP contribution in [0.25, 0.3) is 0 Å². The minimum absolute atomic E-state index is 0.921. The molecule has 0 amide bonds. The second-order valence-corrected chi connectivity index (χ2v) is 3.65. The van der Waals surface area contributed by atoms with E-state index < -0.39 is 0 Å². The van der Waals surface area contributed by atoms with Crippen molar-refractivity contribution in [2.24, 2.45) is 0 Å². The zero-order valence-corrected chi connectivity index (χ0v) is 9.25. The summed E-state index contributed by atoms with van der Waals surface area (Å²) in [6, 6.07) is 4.32. The van der Waals surface area contributed by atoms with E-state index in [0.29, 0.717) is 0 Å². The summed E-state index contributed by atoms with van der Waals surface area (Å²) < 4.78 is 2.22. The van der Waals surface area contributed by atoms with Gasteiger partial charge in [0, 0.05) is 19.1 Å². The van der Waals surface area contributed by atoms with Gasteiger partial charge in [0.15, 0.2) is 18.4 Å². The zero-order valence-electron chi connectivity index (χ0n) is 9.25. The lowest BCUT2D eigenvalue weighted by Crippen LogP contribution is -2.35. The lowest BCUT2D eigenvalue weighted by molar-refractivity contribution is -0.693. The van der Waals surface area contributed by atoms with Gasteiger partial charge in [-0.15, -0.1) is 0 Å². The first-order valence-corrected chi connectivity index (χ1v) is 4.89. The summed E-state index contributed by atoms with van der Waals surface area (Å²) in [5, 5.41) is 0. The van der Waals surface area contributed by atoms with Gasteiger partial charge in [0.25, 0.3) is 0 Å². The molecule has 0 aliphatic heterocycles. The number of hydrogen-bond acceptors (Lipinski definition) is 0. The van der Waals surface area contributed by atoms with E-state index in [1.165, 1.54) is 16.8 Å². The van der Waals surface area contributed by atoms with Crippen LogP contribution < -0.4 is 4.57 Å². The van der Waals surface area contributed by atoms with Crippen LogP contribution in [0.15, 0.2) is 42.6 Å². The Morgan fingerprint density at radius 3 is 2.79 bits per heavy atom. The van der Waals surface area contributed by atoms with Crippen molar-refractivity contribution in [2.75, 3.05) is 0 Å². The highest BCUT2D eigenvalue weighted by Crippen LogP contribution is 1.97. The molecular weight excluding hydrogens is 170 g/mol. The van der Waals surface area contributed by atoms with Crippen molar-refractivity contribution in [1.82, 2.24) is 0 Å². The Morgan fingerprint density at radius 1 is 1.50 bits per heavy atom. The van der Waals surface area contributed by atoms with Gasteiger partial charge in [0.1, 0.15) is 0 Å². The molecule has 0 fully saturated rings. The van der Waals surface area contributed by atoms with Gasteiger partial charge in [-0.2, -0.15) is 4.57 Å². The van der Waals surface area contributed by atoms with Gasteiger partial charge >= 0.3 is 0 Å². The summed E-state index contributed by atoms with van der Waals surface area (Å²) in [6.07, 6.45) is 6.18. The van der Waals surface area contributed by atoms with Gasteiger partial charge in [-0.05, 0) is 31.1 Å². The topological polar surface area (TPSA) is 3.88 Å². The summed E-state index contributed by atoms with van der Waals surface area (Å²) >= 11 is 0. The highest BCUT2D eigenvalue weighted by molar-refractivity contribution is 5.12. The standard InChI is InChI=1S/C13H18N/c1-5-11(2)6-8-14-9-7-12(3)10-13(14)4/h5-7,9-10H,1,8H2,2-4H3/q+1/b11-6-. The zero-order chi connectivity index (χ0) is 10.6. The number of aromatic nitrogens is 1. The third-order valence-corrected chi connectivity index (χ3v) is 2.34. The van der Waals surface area contributed by atoms with Crippen LogP contribution >= 0.6 is 0 Å². The van der Waals surface area contributed by atoms with Crippen LogP contribution in [0.3, 0.4) is 0 Å². The van der Waals surface area contributed by atoms with Crippen LogP contribution in [0.5, 0.6) is 0 Å². The third-order valence-electron chi connectivity index (χ3n) is 2.34. The maximum absolute atomic E-state index is 3.73. The fourth-order valence-electron chi connectivity index (χ4n) is 1.32. The van der Waals surface area contributed by atoms with Gasteiger partial charge in [0.2, 0.25) is 0 Å². The smallest absolute Gasteiger partial charge is 0.178 e. The van der Waals surface area contributed by atoms with Gasteiger partial charge in [-0.25, -0.2) is 0 Å². The average molecular weight is 188 g/mol. The molecule has 0 unspecified atom stereocenters. The van der Waals surface area contributed by atoms with Crippen molar-refractivity contribution >= 4 is 0 Å². The Morgan fingerprint density at radius 2 is 2.21 bits per heavy atom. The molecular formula is C13H18N+. The quantitative estimate of drug-likeness (QED) is 0.507. The highest BCUT2D eigenvalue weighted by Gasteiger charge is 2.02. The van der Waals surface area contributed by atoms with Crippen LogP contribution in [0.4, 0.5) is 0 Å². The first-order chi connectivity index (χ1) is 6.63. The second-order valence-electron chi connectivity index (χ2n) is 3.65. The predicted molar refractivity (Wildman–Crippen MR) is 60.1 cm³/mol. The van der Waals surface area contributed by atoms with Crippen molar-refractivity contribution in [2.45, 2.75) is 27.3 Å². The second kappa shape index (κ2) is 4.75. The minimum atomic E-state index is 0.921. The molecule has 0 saturated heterocycles. The third kappa shape index (κ3) is 2.84. The Balaban J connectivity index is 2.82. The maximum atomic E-state index is 3.73. The van der Waals surface area contributed by atoms with Crippen LogP contribution in [0, 0.1) is 13.8 Å². The Bertz CT molecular complexity index is 361. The van der Waals surface area contributed by atoms with Crippen LogP contribution in [-0.4, -0.2) is 0 Å². The lowest BCUT2D eigenvalue weighted by Gasteiger charge is -1.98. The Kier molecular flexibility index (Phi) is 3.63. The first kappa shape index (κ1) is 10.7. The molecule has 14 heavy (non-hydrogen) atoms. The van der Waals surface area contributed by atoms with Crippen molar-refractivity contribution < 1.29 is 4.57 Å². The number of rotatable bonds is 3. The van der Waals surface area contributed by atoms with E-state index >= 15 is 0 Å². The molecule has 1 aromatic rings. The summed E-state index contributed by atoms with van der Waals surface area (Å²) in [5.41, 5.74) is 3.82. The summed E-state index contributed by atoms with van der Waals surface area (Å²) in [4.78, 5) is 0. The predicted octanol–water partition coefficient (Wildman–Crippen LogP) is 2.72.